The van der Waals surface area contributed by atoms with Crippen molar-refractivity contribution in [3.63, 3.8) is 0 Å². The molecular weight excluding hydrogens is 256 g/mol. The van der Waals surface area contributed by atoms with Crippen molar-refractivity contribution in [3.05, 3.63) is 25.3 Å². The fourth-order valence-electron chi connectivity index (χ4n) is 1.42. The fraction of sp³-hybridized carbons (Fsp3) is 0.750. The zero-order valence-electron chi connectivity index (χ0n) is 12.7. The van der Waals surface area contributed by atoms with Crippen molar-refractivity contribution < 1.29 is 18.9 Å². The van der Waals surface area contributed by atoms with Gasteiger partial charge in [0.25, 0.3) is 0 Å². The predicted octanol–water partition coefficient (Wildman–Crippen LogP) is 2.99. The first-order valence-corrected chi connectivity index (χ1v) is 7.44. The lowest BCUT2D eigenvalue weighted by molar-refractivity contribution is -0.00208. The van der Waals surface area contributed by atoms with Gasteiger partial charge in [-0.05, 0) is 25.7 Å². The van der Waals surface area contributed by atoms with Crippen molar-refractivity contribution in [2.45, 2.75) is 25.7 Å². The molecule has 0 saturated carbocycles. The molecule has 0 aromatic rings. The summed E-state index contributed by atoms with van der Waals surface area (Å²) in [7, 11) is 0. The van der Waals surface area contributed by atoms with E-state index in [1.54, 1.807) is 0 Å². The molecule has 4 nitrogen and oxygen atoms in total. The summed E-state index contributed by atoms with van der Waals surface area (Å²) < 4.78 is 21.5. The van der Waals surface area contributed by atoms with E-state index in [0.29, 0.717) is 39.6 Å². The molecule has 0 aliphatic rings. The van der Waals surface area contributed by atoms with E-state index < -0.39 is 0 Å². The summed E-state index contributed by atoms with van der Waals surface area (Å²) in [4.78, 5) is 0. The van der Waals surface area contributed by atoms with Crippen LogP contribution in [-0.4, -0.2) is 52.9 Å². The third-order valence-corrected chi connectivity index (χ3v) is 2.51. The second-order valence-electron chi connectivity index (χ2n) is 4.31. The zero-order chi connectivity index (χ0) is 14.7. The molecule has 0 atom stereocenters. The molecule has 20 heavy (non-hydrogen) atoms. The van der Waals surface area contributed by atoms with E-state index in [1.165, 1.54) is 0 Å². The van der Waals surface area contributed by atoms with Gasteiger partial charge in [-0.3, -0.25) is 0 Å². The number of allylic oxidation sites excluding steroid dienone is 2. The summed E-state index contributed by atoms with van der Waals surface area (Å²) in [5.41, 5.74) is 0. The first-order chi connectivity index (χ1) is 9.91. The Morgan fingerprint density at radius 2 is 0.800 bits per heavy atom. The fourth-order valence-corrected chi connectivity index (χ4v) is 1.42. The van der Waals surface area contributed by atoms with Gasteiger partial charge in [0.2, 0.25) is 0 Å². The largest absolute Gasteiger partial charge is 0.379 e. The molecule has 0 aromatic heterocycles. The number of unbranched alkanes of at least 4 members (excludes halogenated alkanes) is 2. The van der Waals surface area contributed by atoms with E-state index >= 15 is 0 Å². The van der Waals surface area contributed by atoms with Crippen molar-refractivity contribution >= 4 is 0 Å². The highest BCUT2D eigenvalue weighted by molar-refractivity contribution is 4.65. The Morgan fingerprint density at radius 1 is 0.500 bits per heavy atom. The first-order valence-electron chi connectivity index (χ1n) is 7.44. The Labute approximate surface area is 123 Å². The van der Waals surface area contributed by atoms with Gasteiger partial charge in [0.1, 0.15) is 0 Å². The van der Waals surface area contributed by atoms with E-state index in [9.17, 15) is 0 Å². The minimum Gasteiger partial charge on any atom is -0.379 e. The standard InChI is InChI=1S/C16H30O4/c1-3-5-7-9-17-11-13-19-15-16-20-14-12-18-10-8-6-4-2/h3-4H,1-2,5-16H2. The molecule has 0 aromatic carbocycles. The molecule has 0 heterocycles. The van der Waals surface area contributed by atoms with Gasteiger partial charge in [-0.2, -0.15) is 0 Å². The van der Waals surface area contributed by atoms with E-state index in [2.05, 4.69) is 13.2 Å². The molecule has 0 rings (SSSR count). The number of hydrogen-bond donors (Lipinski definition) is 0. The van der Waals surface area contributed by atoms with Gasteiger partial charge in [0.15, 0.2) is 0 Å². The molecule has 0 radical (unpaired) electrons. The monoisotopic (exact) mass is 286 g/mol. The normalized spacial score (nSPS) is 10.6. The second kappa shape index (κ2) is 18.3. The van der Waals surface area contributed by atoms with Crippen molar-refractivity contribution in [2.24, 2.45) is 0 Å². The van der Waals surface area contributed by atoms with Gasteiger partial charge in [-0.25, -0.2) is 0 Å². The minimum absolute atomic E-state index is 0.604. The Bertz CT molecular complexity index is 185. The quantitative estimate of drug-likeness (QED) is 0.304. The third kappa shape index (κ3) is 17.3. The summed E-state index contributed by atoms with van der Waals surface area (Å²) in [5.74, 6) is 0. The molecule has 0 amide bonds. The number of ether oxygens (including phenoxy) is 4. The highest BCUT2D eigenvalue weighted by Gasteiger charge is 1.92. The molecule has 0 saturated heterocycles. The van der Waals surface area contributed by atoms with Crippen LogP contribution in [0.4, 0.5) is 0 Å². The van der Waals surface area contributed by atoms with E-state index in [-0.39, 0.29) is 0 Å². The average Bonchev–Trinajstić information content (AvgIpc) is 2.47. The van der Waals surface area contributed by atoms with Crippen LogP contribution < -0.4 is 0 Å². The van der Waals surface area contributed by atoms with Crippen LogP contribution in [0.3, 0.4) is 0 Å². The van der Waals surface area contributed by atoms with Crippen LogP contribution in [-0.2, 0) is 18.9 Å². The van der Waals surface area contributed by atoms with E-state index in [4.69, 9.17) is 18.9 Å². The van der Waals surface area contributed by atoms with Gasteiger partial charge in [-0.15, -0.1) is 13.2 Å². The molecule has 0 spiro atoms. The van der Waals surface area contributed by atoms with Crippen LogP contribution in [0, 0.1) is 0 Å². The molecular formula is C16H30O4. The first kappa shape index (κ1) is 19.3. The zero-order valence-corrected chi connectivity index (χ0v) is 12.7. The average molecular weight is 286 g/mol. The Hall–Kier alpha value is -0.680. The maximum Gasteiger partial charge on any atom is 0.0701 e. The smallest absolute Gasteiger partial charge is 0.0701 e. The van der Waals surface area contributed by atoms with Crippen molar-refractivity contribution in [2.75, 3.05) is 52.9 Å². The van der Waals surface area contributed by atoms with E-state index in [1.807, 2.05) is 12.2 Å². The highest BCUT2D eigenvalue weighted by Crippen LogP contribution is 1.91. The van der Waals surface area contributed by atoms with Crippen LogP contribution in [0.15, 0.2) is 25.3 Å². The maximum absolute atomic E-state index is 5.39. The summed E-state index contributed by atoms with van der Waals surface area (Å²) in [6.07, 6.45) is 7.87. The van der Waals surface area contributed by atoms with Crippen LogP contribution in [0.25, 0.3) is 0 Å². The van der Waals surface area contributed by atoms with Gasteiger partial charge < -0.3 is 18.9 Å². The van der Waals surface area contributed by atoms with Gasteiger partial charge in [-0.1, -0.05) is 12.2 Å². The van der Waals surface area contributed by atoms with E-state index in [0.717, 1.165) is 38.9 Å². The highest BCUT2D eigenvalue weighted by atomic mass is 16.6. The summed E-state index contributed by atoms with van der Waals surface area (Å²) in [6, 6.07) is 0. The molecule has 118 valence electrons. The SMILES string of the molecule is C=CCCCOCCOCCOCCOCCCC=C. The lowest BCUT2D eigenvalue weighted by Crippen LogP contribution is -2.12. The Kier molecular flexibility index (Phi) is 17.7. The molecule has 0 aliphatic carbocycles. The molecule has 0 aliphatic heterocycles. The van der Waals surface area contributed by atoms with Gasteiger partial charge in [0.05, 0.1) is 39.6 Å². The van der Waals surface area contributed by atoms with Crippen LogP contribution in [0.1, 0.15) is 25.7 Å². The summed E-state index contributed by atoms with van der Waals surface area (Å²) in [5, 5.41) is 0. The Morgan fingerprint density at radius 3 is 1.10 bits per heavy atom. The molecule has 0 unspecified atom stereocenters. The summed E-state index contributed by atoms with van der Waals surface area (Å²) >= 11 is 0. The van der Waals surface area contributed by atoms with Crippen molar-refractivity contribution in [3.8, 4) is 0 Å². The third-order valence-electron chi connectivity index (χ3n) is 2.51. The minimum atomic E-state index is 0.604. The summed E-state index contributed by atoms with van der Waals surface area (Å²) in [6.45, 7) is 12.6. The maximum atomic E-state index is 5.39. The molecule has 0 N–H and O–H groups in total. The Balaban J connectivity index is 2.92. The molecule has 0 bridgehead atoms. The lowest BCUT2D eigenvalue weighted by atomic mass is 10.3. The number of rotatable bonds is 17. The van der Waals surface area contributed by atoms with Crippen LogP contribution in [0.2, 0.25) is 0 Å². The van der Waals surface area contributed by atoms with Crippen molar-refractivity contribution in [1.29, 1.82) is 0 Å². The van der Waals surface area contributed by atoms with Gasteiger partial charge in [0, 0.05) is 13.2 Å². The topological polar surface area (TPSA) is 36.9 Å². The van der Waals surface area contributed by atoms with Crippen molar-refractivity contribution in [1.82, 2.24) is 0 Å². The predicted molar refractivity (Wildman–Crippen MR) is 82.1 cm³/mol. The molecule has 0 fully saturated rings. The lowest BCUT2D eigenvalue weighted by Gasteiger charge is -2.07. The van der Waals surface area contributed by atoms with Crippen LogP contribution >= 0.6 is 0 Å². The second-order valence-corrected chi connectivity index (χ2v) is 4.31. The molecule has 4 heteroatoms. The number of hydrogen-bond acceptors (Lipinski definition) is 4. The van der Waals surface area contributed by atoms with Gasteiger partial charge >= 0.3 is 0 Å². The van der Waals surface area contributed by atoms with Crippen LogP contribution in [0.5, 0.6) is 0 Å².